The molecule has 1 aliphatic rings. The molecule has 1 aliphatic carbocycles. The van der Waals surface area contributed by atoms with Crippen LogP contribution in [-0.2, 0) is 9.47 Å². The standard InChI is InChI=1S/C22H38N4O3/c1-8-15-24-20(26(23)21(27)29-22(4,5)6)17(3)25(7)16-18(9-2)28-19-13-11-10-12-14-19/h9,15-16,19H,2,8,10-14,23H2,1,3-7H3/b18-16+,20-17+,24-15-. The lowest BCUT2D eigenvalue weighted by atomic mass is 9.98. The topological polar surface area (TPSA) is 80.4 Å². The van der Waals surface area contributed by atoms with E-state index in [1.54, 1.807) is 33.1 Å². The van der Waals surface area contributed by atoms with E-state index in [9.17, 15) is 4.79 Å². The number of amides is 1. The van der Waals surface area contributed by atoms with Crippen LogP contribution in [0.15, 0.2) is 41.1 Å². The van der Waals surface area contributed by atoms with Crippen molar-refractivity contribution in [1.82, 2.24) is 9.91 Å². The fraction of sp³-hybridized carbons (Fsp3) is 0.636. The summed E-state index contributed by atoms with van der Waals surface area (Å²) in [4.78, 5) is 18.6. The van der Waals surface area contributed by atoms with Crippen molar-refractivity contribution in [3.63, 3.8) is 0 Å². The molecule has 1 amide bonds. The third-order valence-electron chi connectivity index (χ3n) is 4.44. The monoisotopic (exact) mass is 406 g/mol. The zero-order chi connectivity index (χ0) is 22.0. The summed E-state index contributed by atoms with van der Waals surface area (Å²) in [5.74, 6) is 7.03. The van der Waals surface area contributed by atoms with Crippen molar-refractivity contribution in [3.05, 3.63) is 36.1 Å². The summed E-state index contributed by atoms with van der Waals surface area (Å²) in [6.45, 7) is 13.0. The third kappa shape index (κ3) is 8.73. The maximum absolute atomic E-state index is 12.4. The van der Waals surface area contributed by atoms with E-state index in [0.717, 1.165) is 17.9 Å². The Labute approximate surface area is 175 Å². The summed E-state index contributed by atoms with van der Waals surface area (Å²) >= 11 is 0. The molecule has 0 aromatic rings. The highest BCUT2D eigenvalue weighted by Gasteiger charge is 2.24. The SMILES string of the molecule is C=C/C(=C\N(C)/C(C)=C(\N=C/CC)N(N)C(=O)OC(C)(C)C)OC1CCCCC1. The van der Waals surface area contributed by atoms with Gasteiger partial charge in [-0.1, -0.05) is 19.9 Å². The Balaban J connectivity index is 3.08. The first-order chi connectivity index (χ1) is 13.6. The molecule has 29 heavy (non-hydrogen) atoms. The Hall–Kier alpha value is -2.28. The Morgan fingerprint density at radius 2 is 1.90 bits per heavy atom. The maximum atomic E-state index is 12.4. The maximum Gasteiger partial charge on any atom is 0.430 e. The number of hydrogen-bond acceptors (Lipinski definition) is 6. The second-order valence-electron chi connectivity index (χ2n) is 8.20. The number of rotatable bonds is 8. The van der Waals surface area contributed by atoms with E-state index >= 15 is 0 Å². The minimum Gasteiger partial charge on any atom is -0.489 e. The largest absolute Gasteiger partial charge is 0.489 e. The van der Waals surface area contributed by atoms with Crippen molar-refractivity contribution in [2.45, 2.75) is 84.8 Å². The number of allylic oxidation sites excluding steroid dienone is 2. The van der Waals surface area contributed by atoms with E-state index in [-0.39, 0.29) is 6.10 Å². The Morgan fingerprint density at radius 1 is 1.28 bits per heavy atom. The van der Waals surface area contributed by atoms with Gasteiger partial charge in [0.25, 0.3) is 0 Å². The smallest absolute Gasteiger partial charge is 0.430 e. The molecule has 2 N–H and O–H groups in total. The minimum absolute atomic E-state index is 0.219. The van der Waals surface area contributed by atoms with Crippen LogP contribution in [0.3, 0.4) is 0 Å². The first-order valence-corrected chi connectivity index (χ1v) is 10.3. The number of ether oxygens (including phenoxy) is 2. The molecule has 0 saturated heterocycles. The molecule has 1 rings (SSSR count). The number of aliphatic imine (C=N–C) groups is 1. The van der Waals surface area contributed by atoms with E-state index in [0.29, 0.717) is 23.7 Å². The number of hydrazine groups is 1. The first kappa shape index (κ1) is 24.8. The summed E-state index contributed by atoms with van der Waals surface area (Å²) in [7, 11) is 1.85. The fourth-order valence-electron chi connectivity index (χ4n) is 2.86. The van der Waals surface area contributed by atoms with Crippen molar-refractivity contribution in [3.8, 4) is 0 Å². The number of nitrogens with two attached hydrogens (primary N) is 1. The van der Waals surface area contributed by atoms with Gasteiger partial charge in [-0.3, -0.25) is 0 Å². The lowest BCUT2D eigenvalue weighted by Gasteiger charge is -2.27. The molecule has 7 heteroatoms. The van der Waals surface area contributed by atoms with Gasteiger partial charge in [0.2, 0.25) is 0 Å². The van der Waals surface area contributed by atoms with Gasteiger partial charge in [-0.05, 0) is 65.9 Å². The van der Waals surface area contributed by atoms with Crippen LogP contribution >= 0.6 is 0 Å². The van der Waals surface area contributed by atoms with Crippen molar-refractivity contribution >= 4 is 12.3 Å². The van der Waals surface area contributed by atoms with Gasteiger partial charge in [-0.2, -0.15) is 5.01 Å². The van der Waals surface area contributed by atoms with Gasteiger partial charge in [-0.15, -0.1) is 0 Å². The Bertz CT molecular complexity index is 641. The molecule has 0 heterocycles. The van der Waals surface area contributed by atoms with Gasteiger partial charge in [-0.25, -0.2) is 15.6 Å². The quantitative estimate of drug-likeness (QED) is 0.152. The van der Waals surface area contributed by atoms with Crippen LogP contribution in [0.4, 0.5) is 4.79 Å². The van der Waals surface area contributed by atoms with Gasteiger partial charge in [0.1, 0.15) is 11.4 Å². The summed E-state index contributed by atoms with van der Waals surface area (Å²) in [6, 6.07) is 0. The predicted octanol–water partition coefficient (Wildman–Crippen LogP) is 5.08. The number of nitrogens with zero attached hydrogens (tertiary/aromatic N) is 3. The van der Waals surface area contributed by atoms with Crippen LogP contribution in [0.1, 0.15) is 73.1 Å². The Kier molecular flexibility index (Phi) is 9.95. The normalized spacial score (nSPS) is 17.0. The van der Waals surface area contributed by atoms with E-state index in [4.69, 9.17) is 15.3 Å². The van der Waals surface area contributed by atoms with Gasteiger partial charge < -0.3 is 14.4 Å². The van der Waals surface area contributed by atoms with Crippen LogP contribution in [-0.4, -0.2) is 41.0 Å². The number of hydrogen-bond donors (Lipinski definition) is 1. The number of carbonyl (C=O) groups is 1. The molecule has 0 aromatic carbocycles. The predicted molar refractivity (Wildman–Crippen MR) is 118 cm³/mol. The van der Waals surface area contributed by atoms with Crippen molar-refractivity contribution in [1.29, 1.82) is 0 Å². The molecule has 0 bridgehead atoms. The second-order valence-corrected chi connectivity index (χ2v) is 8.20. The fourth-order valence-corrected chi connectivity index (χ4v) is 2.86. The van der Waals surface area contributed by atoms with Crippen LogP contribution in [0.25, 0.3) is 0 Å². The minimum atomic E-state index is -0.667. The average Bonchev–Trinajstić information content (AvgIpc) is 2.66. The lowest BCUT2D eigenvalue weighted by molar-refractivity contribution is 0.0305. The molecule has 0 atom stereocenters. The van der Waals surface area contributed by atoms with E-state index in [1.807, 2.05) is 32.0 Å². The average molecular weight is 407 g/mol. The lowest BCUT2D eigenvalue weighted by Crippen LogP contribution is -2.41. The van der Waals surface area contributed by atoms with E-state index in [2.05, 4.69) is 11.6 Å². The van der Waals surface area contributed by atoms with Crippen LogP contribution in [0.2, 0.25) is 0 Å². The molecular formula is C22H38N4O3. The molecule has 164 valence electrons. The summed E-state index contributed by atoms with van der Waals surface area (Å²) in [5, 5.41) is 0.937. The molecule has 0 aromatic heterocycles. The van der Waals surface area contributed by atoms with Crippen LogP contribution < -0.4 is 5.84 Å². The highest BCUT2D eigenvalue weighted by atomic mass is 16.6. The number of carbonyl (C=O) groups excluding carboxylic acids is 1. The highest BCUT2D eigenvalue weighted by Crippen LogP contribution is 2.23. The van der Waals surface area contributed by atoms with Crippen LogP contribution in [0, 0.1) is 0 Å². The van der Waals surface area contributed by atoms with Gasteiger partial charge in [0, 0.05) is 19.5 Å². The van der Waals surface area contributed by atoms with Crippen molar-refractivity contribution in [2.24, 2.45) is 10.8 Å². The molecule has 1 fully saturated rings. The molecule has 0 aliphatic heterocycles. The van der Waals surface area contributed by atoms with Crippen LogP contribution in [0.5, 0.6) is 0 Å². The molecular weight excluding hydrogens is 368 g/mol. The zero-order valence-corrected chi connectivity index (χ0v) is 18.9. The second kappa shape index (κ2) is 11.7. The van der Waals surface area contributed by atoms with Gasteiger partial charge >= 0.3 is 6.09 Å². The molecule has 1 saturated carbocycles. The first-order valence-electron chi connectivity index (χ1n) is 10.3. The molecule has 0 spiro atoms. The zero-order valence-electron chi connectivity index (χ0n) is 18.9. The third-order valence-corrected chi connectivity index (χ3v) is 4.44. The molecule has 7 nitrogen and oxygen atoms in total. The highest BCUT2D eigenvalue weighted by molar-refractivity contribution is 5.70. The van der Waals surface area contributed by atoms with Crippen molar-refractivity contribution in [2.75, 3.05) is 7.05 Å². The van der Waals surface area contributed by atoms with E-state index < -0.39 is 11.7 Å². The molecule has 0 radical (unpaired) electrons. The summed E-state index contributed by atoms with van der Waals surface area (Å²) in [6.07, 6.45) is 11.3. The summed E-state index contributed by atoms with van der Waals surface area (Å²) in [5.41, 5.74) is 0.0207. The Morgan fingerprint density at radius 3 is 2.41 bits per heavy atom. The van der Waals surface area contributed by atoms with Gasteiger partial charge in [0.15, 0.2) is 5.82 Å². The summed E-state index contributed by atoms with van der Waals surface area (Å²) < 4.78 is 11.5. The molecule has 0 unspecified atom stereocenters. The van der Waals surface area contributed by atoms with Crippen molar-refractivity contribution < 1.29 is 14.3 Å². The van der Waals surface area contributed by atoms with E-state index in [1.165, 1.54) is 19.3 Å². The van der Waals surface area contributed by atoms with Gasteiger partial charge in [0.05, 0.1) is 11.8 Å².